The number of rotatable bonds is 5. The Hall–Kier alpha value is -2.03. The second kappa shape index (κ2) is 5.95. The third kappa shape index (κ3) is 3.29. The Morgan fingerprint density at radius 3 is 2.65 bits per heavy atom. The Bertz CT molecular complexity index is 680. The highest BCUT2D eigenvalue weighted by atomic mass is 16.5. The van der Waals surface area contributed by atoms with Crippen molar-refractivity contribution < 1.29 is 9.15 Å². The van der Waals surface area contributed by atoms with Gasteiger partial charge in [0.25, 0.3) is 0 Å². The topological polar surface area (TPSA) is 39.4 Å². The highest BCUT2D eigenvalue weighted by Crippen LogP contribution is 2.29. The molecule has 0 saturated carbocycles. The molecule has 0 aliphatic heterocycles. The minimum absolute atomic E-state index is 0.0754. The molecule has 3 heteroatoms. The Kier molecular flexibility index (Phi) is 4.28. The molecule has 0 unspecified atom stereocenters. The standard InChI is InChI=1S/C17H20O3/c1-11(2)5-8-14-15(19-12(3)4)9-6-13-7-10-16(18)20-17(13)14/h6-7,9-10,12H,1,5,8H2,2-4H3. The maximum atomic E-state index is 11.5. The fraction of sp³-hybridized carbons (Fsp3) is 0.353. The number of allylic oxidation sites excluding steroid dienone is 1. The Labute approximate surface area is 118 Å². The van der Waals surface area contributed by atoms with Gasteiger partial charge in [0.05, 0.1) is 6.10 Å². The third-order valence-electron chi connectivity index (χ3n) is 3.01. The van der Waals surface area contributed by atoms with E-state index < -0.39 is 0 Å². The molecule has 0 N–H and O–H groups in total. The summed E-state index contributed by atoms with van der Waals surface area (Å²) in [4.78, 5) is 11.5. The Morgan fingerprint density at radius 2 is 2.00 bits per heavy atom. The van der Waals surface area contributed by atoms with Crippen LogP contribution in [-0.4, -0.2) is 6.10 Å². The number of hydrogen-bond donors (Lipinski definition) is 0. The van der Waals surface area contributed by atoms with Crippen molar-refractivity contribution in [1.29, 1.82) is 0 Å². The Morgan fingerprint density at radius 1 is 1.30 bits per heavy atom. The highest BCUT2D eigenvalue weighted by Gasteiger charge is 2.12. The van der Waals surface area contributed by atoms with Gasteiger partial charge in [0, 0.05) is 17.0 Å². The van der Waals surface area contributed by atoms with Crippen molar-refractivity contribution in [3.8, 4) is 5.75 Å². The zero-order valence-corrected chi connectivity index (χ0v) is 12.2. The van der Waals surface area contributed by atoms with E-state index in [1.807, 2.05) is 32.9 Å². The molecule has 0 atom stereocenters. The number of aryl methyl sites for hydroxylation is 1. The maximum absolute atomic E-state index is 11.5. The molecule has 106 valence electrons. The summed E-state index contributed by atoms with van der Waals surface area (Å²) in [7, 11) is 0. The summed E-state index contributed by atoms with van der Waals surface area (Å²) < 4.78 is 11.2. The summed E-state index contributed by atoms with van der Waals surface area (Å²) in [6, 6.07) is 7.08. The highest BCUT2D eigenvalue weighted by molar-refractivity contribution is 5.82. The molecule has 0 bridgehead atoms. The van der Waals surface area contributed by atoms with Gasteiger partial charge in [-0.25, -0.2) is 4.79 Å². The Balaban J connectivity index is 2.56. The molecule has 1 heterocycles. The number of fused-ring (bicyclic) bond motifs is 1. The van der Waals surface area contributed by atoms with Crippen LogP contribution in [0, 0.1) is 0 Å². The normalized spacial score (nSPS) is 11.0. The molecule has 0 aliphatic carbocycles. The van der Waals surface area contributed by atoms with Crippen molar-refractivity contribution in [3.63, 3.8) is 0 Å². The van der Waals surface area contributed by atoms with Gasteiger partial charge >= 0.3 is 5.63 Å². The van der Waals surface area contributed by atoms with Gasteiger partial charge in [-0.3, -0.25) is 0 Å². The smallest absolute Gasteiger partial charge is 0.336 e. The SMILES string of the molecule is C=C(C)CCc1c(OC(C)C)ccc2ccc(=O)oc12. The quantitative estimate of drug-likeness (QED) is 0.608. The molecular formula is C17H20O3. The van der Waals surface area contributed by atoms with Gasteiger partial charge < -0.3 is 9.15 Å². The fourth-order valence-corrected chi connectivity index (χ4v) is 2.11. The number of ether oxygens (including phenoxy) is 1. The summed E-state index contributed by atoms with van der Waals surface area (Å²) >= 11 is 0. The van der Waals surface area contributed by atoms with Crippen molar-refractivity contribution in [2.24, 2.45) is 0 Å². The molecule has 0 aliphatic rings. The molecule has 0 radical (unpaired) electrons. The van der Waals surface area contributed by atoms with E-state index in [2.05, 4.69) is 6.58 Å². The number of hydrogen-bond acceptors (Lipinski definition) is 3. The third-order valence-corrected chi connectivity index (χ3v) is 3.01. The minimum Gasteiger partial charge on any atom is -0.491 e. The summed E-state index contributed by atoms with van der Waals surface area (Å²) in [5, 5.41) is 0.914. The molecule has 1 aromatic carbocycles. The predicted octanol–water partition coefficient (Wildman–Crippen LogP) is 4.09. The van der Waals surface area contributed by atoms with Crippen molar-refractivity contribution in [2.75, 3.05) is 0 Å². The van der Waals surface area contributed by atoms with E-state index in [1.165, 1.54) is 6.07 Å². The van der Waals surface area contributed by atoms with Crippen LogP contribution in [0.15, 0.2) is 45.6 Å². The largest absolute Gasteiger partial charge is 0.491 e. The molecule has 0 saturated heterocycles. The monoisotopic (exact) mass is 272 g/mol. The molecule has 2 rings (SSSR count). The second-order valence-corrected chi connectivity index (χ2v) is 5.34. The van der Waals surface area contributed by atoms with Crippen LogP contribution in [0.25, 0.3) is 11.0 Å². The van der Waals surface area contributed by atoms with Crippen LogP contribution in [0.3, 0.4) is 0 Å². The van der Waals surface area contributed by atoms with Crippen LogP contribution in [0.2, 0.25) is 0 Å². The lowest BCUT2D eigenvalue weighted by Gasteiger charge is -2.15. The maximum Gasteiger partial charge on any atom is 0.336 e. The molecule has 0 fully saturated rings. The zero-order chi connectivity index (χ0) is 14.7. The lowest BCUT2D eigenvalue weighted by atomic mass is 10.0. The molecule has 1 aromatic heterocycles. The van der Waals surface area contributed by atoms with E-state index in [-0.39, 0.29) is 11.7 Å². The van der Waals surface area contributed by atoms with Crippen LogP contribution in [-0.2, 0) is 6.42 Å². The van der Waals surface area contributed by atoms with E-state index >= 15 is 0 Å². The van der Waals surface area contributed by atoms with Gasteiger partial charge in [-0.1, -0.05) is 5.57 Å². The van der Waals surface area contributed by atoms with Crippen molar-refractivity contribution >= 4 is 11.0 Å². The van der Waals surface area contributed by atoms with Crippen molar-refractivity contribution in [3.05, 3.63) is 52.4 Å². The van der Waals surface area contributed by atoms with Gasteiger partial charge in [0.2, 0.25) is 0 Å². The zero-order valence-electron chi connectivity index (χ0n) is 12.2. The summed E-state index contributed by atoms with van der Waals surface area (Å²) in [6.07, 6.45) is 1.67. The first-order valence-corrected chi connectivity index (χ1v) is 6.84. The van der Waals surface area contributed by atoms with Crippen molar-refractivity contribution in [1.82, 2.24) is 0 Å². The van der Waals surface area contributed by atoms with Gasteiger partial charge in [-0.2, -0.15) is 0 Å². The van der Waals surface area contributed by atoms with E-state index in [4.69, 9.17) is 9.15 Å². The van der Waals surface area contributed by atoms with Crippen LogP contribution in [0.1, 0.15) is 32.8 Å². The van der Waals surface area contributed by atoms with Crippen LogP contribution < -0.4 is 10.4 Å². The molecule has 3 nitrogen and oxygen atoms in total. The molecule has 0 spiro atoms. The second-order valence-electron chi connectivity index (χ2n) is 5.34. The van der Waals surface area contributed by atoms with E-state index in [0.717, 1.165) is 35.1 Å². The van der Waals surface area contributed by atoms with Gasteiger partial charge in [-0.05, 0) is 51.8 Å². The molecular weight excluding hydrogens is 252 g/mol. The van der Waals surface area contributed by atoms with Crippen molar-refractivity contribution in [2.45, 2.75) is 39.7 Å². The van der Waals surface area contributed by atoms with E-state index in [1.54, 1.807) is 6.07 Å². The van der Waals surface area contributed by atoms with Gasteiger partial charge in [0.1, 0.15) is 11.3 Å². The molecule has 2 aromatic rings. The molecule has 0 amide bonds. The average Bonchev–Trinajstić information content (AvgIpc) is 2.36. The predicted molar refractivity (Wildman–Crippen MR) is 81.4 cm³/mol. The lowest BCUT2D eigenvalue weighted by Crippen LogP contribution is -2.08. The summed E-state index contributed by atoms with van der Waals surface area (Å²) in [6.45, 7) is 9.88. The van der Waals surface area contributed by atoms with Crippen LogP contribution in [0.5, 0.6) is 5.75 Å². The summed E-state index contributed by atoms with van der Waals surface area (Å²) in [5.74, 6) is 0.781. The molecule has 20 heavy (non-hydrogen) atoms. The summed E-state index contributed by atoms with van der Waals surface area (Å²) in [5.41, 5.74) is 2.32. The minimum atomic E-state index is -0.337. The van der Waals surface area contributed by atoms with Gasteiger partial charge in [-0.15, -0.1) is 6.58 Å². The first kappa shape index (κ1) is 14.4. The first-order valence-electron chi connectivity index (χ1n) is 6.84. The van der Waals surface area contributed by atoms with E-state index in [9.17, 15) is 4.79 Å². The fourth-order valence-electron chi connectivity index (χ4n) is 2.11. The van der Waals surface area contributed by atoms with Gasteiger partial charge in [0.15, 0.2) is 0 Å². The average molecular weight is 272 g/mol. The number of benzene rings is 1. The van der Waals surface area contributed by atoms with Crippen LogP contribution in [0.4, 0.5) is 0 Å². The first-order chi connectivity index (χ1) is 9.47. The van der Waals surface area contributed by atoms with Crippen LogP contribution >= 0.6 is 0 Å². The lowest BCUT2D eigenvalue weighted by molar-refractivity contribution is 0.240. The van der Waals surface area contributed by atoms with E-state index in [0.29, 0.717) is 5.58 Å².